The van der Waals surface area contributed by atoms with Crippen molar-refractivity contribution < 1.29 is 4.42 Å². The molecule has 1 fully saturated rings. The number of nitrogens with two attached hydrogens (primary N) is 1. The average molecular weight is 265 g/mol. The van der Waals surface area contributed by atoms with Crippen molar-refractivity contribution in [1.29, 1.82) is 0 Å². The van der Waals surface area contributed by atoms with Crippen molar-refractivity contribution in [1.82, 2.24) is 9.88 Å². The molecule has 0 amide bonds. The summed E-state index contributed by atoms with van der Waals surface area (Å²) < 4.78 is 5.86. The lowest BCUT2D eigenvalue weighted by Gasteiger charge is -2.33. The molecule has 0 spiro atoms. The maximum absolute atomic E-state index is 6.02. The van der Waals surface area contributed by atoms with Gasteiger partial charge in [0, 0.05) is 18.0 Å². The number of hydrogen-bond donors (Lipinski definition) is 1. The minimum Gasteiger partial charge on any atom is -0.444 e. The summed E-state index contributed by atoms with van der Waals surface area (Å²) in [5.74, 6) is 2.39. The molecule has 2 rings (SSSR count). The third kappa shape index (κ3) is 3.80. The first-order valence-corrected chi connectivity index (χ1v) is 7.29. The fraction of sp³-hybridized carbons (Fsp3) is 0.800. The van der Waals surface area contributed by atoms with E-state index in [2.05, 4.69) is 37.6 Å². The molecule has 1 aromatic rings. The highest BCUT2D eigenvalue weighted by atomic mass is 16.4. The second kappa shape index (κ2) is 5.63. The predicted octanol–water partition coefficient (Wildman–Crippen LogP) is 2.53. The standard InChI is InChI=1S/C15H27N3O/c1-11(16)12-6-5-7-18(9-12)10-14-17-8-13(19-14)15(2,3)4/h8,11-12H,5-7,9-10,16H2,1-4H3. The van der Waals surface area contributed by atoms with Crippen LogP contribution in [0.15, 0.2) is 10.6 Å². The van der Waals surface area contributed by atoms with E-state index in [-0.39, 0.29) is 11.5 Å². The van der Waals surface area contributed by atoms with E-state index >= 15 is 0 Å². The number of rotatable bonds is 3. The van der Waals surface area contributed by atoms with Crippen molar-refractivity contribution >= 4 is 0 Å². The number of aromatic nitrogens is 1. The largest absolute Gasteiger partial charge is 0.444 e. The number of hydrogen-bond acceptors (Lipinski definition) is 4. The molecule has 4 nitrogen and oxygen atoms in total. The Labute approximate surface area is 116 Å². The second-order valence-corrected chi connectivity index (χ2v) is 6.86. The molecular formula is C15H27N3O. The zero-order chi connectivity index (χ0) is 14.0. The van der Waals surface area contributed by atoms with Gasteiger partial charge in [-0.2, -0.15) is 0 Å². The Balaban J connectivity index is 1.95. The summed E-state index contributed by atoms with van der Waals surface area (Å²) in [7, 11) is 0. The van der Waals surface area contributed by atoms with Crippen LogP contribution in [-0.2, 0) is 12.0 Å². The van der Waals surface area contributed by atoms with Gasteiger partial charge < -0.3 is 10.2 Å². The molecular weight excluding hydrogens is 238 g/mol. The van der Waals surface area contributed by atoms with Gasteiger partial charge in [-0.05, 0) is 32.2 Å². The Kier molecular flexibility index (Phi) is 4.31. The van der Waals surface area contributed by atoms with Crippen LogP contribution < -0.4 is 5.73 Å². The Hall–Kier alpha value is -0.870. The Bertz CT molecular complexity index is 406. The number of oxazole rings is 1. The maximum Gasteiger partial charge on any atom is 0.208 e. The highest BCUT2D eigenvalue weighted by molar-refractivity contribution is 5.06. The smallest absolute Gasteiger partial charge is 0.208 e. The third-order valence-corrected chi connectivity index (χ3v) is 3.94. The highest BCUT2D eigenvalue weighted by Crippen LogP contribution is 2.24. The van der Waals surface area contributed by atoms with Crippen molar-refractivity contribution in [2.24, 2.45) is 11.7 Å². The molecule has 1 aliphatic heterocycles. The lowest BCUT2D eigenvalue weighted by molar-refractivity contribution is 0.141. The Morgan fingerprint density at radius 1 is 1.53 bits per heavy atom. The van der Waals surface area contributed by atoms with Crippen molar-refractivity contribution in [3.8, 4) is 0 Å². The van der Waals surface area contributed by atoms with E-state index in [0.29, 0.717) is 5.92 Å². The van der Waals surface area contributed by atoms with Crippen LogP contribution >= 0.6 is 0 Å². The molecule has 0 aromatic carbocycles. The van der Waals surface area contributed by atoms with Crippen LogP contribution in [0.2, 0.25) is 0 Å². The maximum atomic E-state index is 6.02. The highest BCUT2D eigenvalue weighted by Gasteiger charge is 2.25. The van der Waals surface area contributed by atoms with Crippen molar-refractivity contribution in [3.05, 3.63) is 17.8 Å². The summed E-state index contributed by atoms with van der Waals surface area (Å²) in [6, 6.07) is 0.275. The fourth-order valence-electron chi connectivity index (χ4n) is 2.59. The molecule has 0 bridgehead atoms. The van der Waals surface area contributed by atoms with Gasteiger partial charge in [0.15, 0.2) is 0 Å². The minimum atomic E-state index is 0.0292. The van der Waals surface area contributed by atoms with E-state index < -0.39 is 0 Å². The molecule has 2 atom stereocenters. The van der Waals surface area contributed by atoms with Gasteiger partial charge in [-0.3, -0.25) is 4.90 Å². The fourth-order valence-corrected chi connectivity index (χ4v) is 2.59. The van der Waals surface area contributed by atoms with E-state index in [4.69, 9.17) is 10.2 Å². The summed E-state index contributed by atoms with van der Waals surface area (Å²) in [6.45, 7) is 11.5. The van der Waals surface area contributed by atoms with Crippen molar-refractivity contribution in [3.63, 3.8) is 0 Å². The first-order chi connectivity index (χ1) is 8.86. The zero-order valence-electron chi connectivity index (χ0n) is 12.6. The summed E-state index contributed by atoms with van der Waals surface area (Å²) in [5.41, 5.74) is 6.05. The molecule has 0 saturated carbocycles. The molecule has 108 valence electrons. The molecule has 0 radical (unpaired) electrons. The molecule has 2 heterocycles. The van der Waals surface area contributed by atoms with Gasteiger partial charge in [-0.15, -0.1) is 0 Å². The van der Waals surface area contributed by atoms with Crippen LogP contribution in [0.3, 0.4) is 0 Å². The van der Waals surface area contributed by atoms with Gasteiger partial charge in [0.25, 0.3) is 0 Å². The first kappa shape index (κ1) is 14.5. The first-order valence-electron chi connectivity index (χ1n) is 7.29. The van der Waals surface area contributed by atoms with E-state index in [9.17, 15) is 0 Å². The van der Waals surface area contributed by atoms with E-state index in [1.165, 1.54) is 12.8 Å². The van der Waals surface area contributed by atoms with Gasteiger partial charge in [0.1, 0.15) is 5.76 Å². The van der Waals surface area contributed by atoms with E-state index in [1.54, 1.807) is 0 Å². The van der Waals surface area contributed by atoms with Crippen LogP contribution in [0.5, 0.6) is 0 Å². The number of piperidine rings is 1. The monoisotopic (exact) mass is 265 g/mol. The Morgan fingerprint density at radius 2 is 2.26 bits per heavy atom. The third-order valence-electron chi connectivity index (χ3n) is 3.94. The zero-order valence-corrected chi connectivity index (χ0v) is 12.6. The molecule has 1 aromatic heterocycles. The Morgan fingerprint density at radius 3 is 2.84 bits per heavy atom. The van der Waals surface area contributed by atoms with Crippen LogP contribution in [0.4, 0.5) is 0 Å². The summed E-state index contributed by atoms with van der Waals surface area (Å²) in [4.78, 5) is 6.82. The molecule has 0 aliphatic carbocycles. The van der Waals surface area contributed by atoms with Gasteiger partial charge in [-0.25, -0.2) is 4.98 Å². The number of nitrogens with zero attached hydrogens (tertiary/aromatic N) is 2. The summed E-state index contributed by atoms with van der Waals surface area (Å²) >= 11 is 0. The lowest BCUT2D eigenvalue weighted by Crippen LogP contribution is -2.41. The van der Waals surface area contributed by atoms with E-state index in [1.807, 2.05) is 6.20 Å². The summed E-state index contributed by atoms with van der Waals surface area (Å²) in [6.07, 6.45) is 4.33. The second-order valence-electron chi connectivity index (χ2n) is 6.86. The van der Waals surface area contributed by atoms with Crippen LogP contribution in [0.1, 0.15) is 52.2 Å². The van der Waals surface area contributed by atoms with Gasteiger partial charge >= 0.3 is 0 Å². The number of likely N-dealkylation sites (tertiary alicyclic amines) is 1. The molecule has 1 aliphatic rings. The van der Waals surface area contributed by atoms with Crippen LogP contribution in [0.25, 0.3) is 0 Å². The predicted molar refractivity (Wildman–Crippen MR) is 76.9 cm³/mol. The quantitative estimate of drug-likeness (QED) is 0.912. The van der Waals surface area contributed by atoms with Crippen LogP contribution in [-0.4, -0.2) is 29.0 Å². The molecule has 2 N–H and O–H groups in total. The van der Waals surface area contributed by atoms with Gasteiger partial charge in [-0.1, -0.05) is 20.8 Å². The minimum absolute atomic E-state index is 0.0292. The van der Waals surface area contributed by atoms with Gasteiger partial charge in [0.2, 0.25) is 5.89 Å². The molecule has 19 heavy (non-hydrogen) atoms. The SMILES string of the molecule is CC(N)C1CCCN(Cc2ncc(C(C)(C)C)o2)C1. The molecule has 4 heteroatoms. The normalized spacial score (nSPS) is 23.5. The van der Waals surface area contributed by atoms with Crippen LogP contribution in [0, 0.1) is 5.92 Å². The van der Waals surface area contributed by atoms with Crippen molar-refractivity contribution in [2.45, 2.75) is 58.5 Å². The van der Waals surface area contributed by atoms with Crippen molar-refractivity contribution in [2.75, 3.05) is 13.1 Å². The van der Waals surface area contributed by atoms with Gasteiger partial charge in [0.05, 0.1) is 12.7 Å². The summed E-state index contributed by atoms with van der Waals surface area (Å²) in [5, 5.41) is 0. The van der Waals surface area contributed by atoms with E-state index in [0.717, 1.165) is 31.3 Å². The average Bonchev–Trinajstić information content (AvgIpc) is 2.77. The lowest BCUT2D eigenvalue weighted by atomic mass is 9.92. The topological polar surface area (TPSA) is 55.3 Å². The molecule has 2 unspecified atom stereocenters. The molecule has 1 saturated heterocycles.